The number of carbonyl (C=O) groups is 3. The molecule has 0 aromatic heterocycles. The van der Waals surface area contributed by atoms with Crippen molar-refractivity contribution >= 4 is 45.6 Å². The normalized spacial score (nSPS) is 15.2. The van der Waals surface area contributed by atoms with Gasteiger partial charge in [-0.2, -0.15) is 18.3 Å². The number of amides is 3. The molecule has 3 rings (SSSR count). The maximum atomic E-state index is 13.3. The molecular formula is C24H24BrF3N4O6. The van der Waals surface area contributed by atoms with E-state index in [4.69, 9.17) is 14.2 Å². The van der Waals surface area contributed by atoms with Crippen molar-refractivity contribution in [1.29, 1.82) is 0 Å². The maximum absolute atomic E-state index is 13.3. The van der Waals surface area contributed by atoms with Gasteiger partial charge in [-0.05, 0) is 54.8 Å². The highest BCUT2D eigenvalue weighted by Crippen LogP contribution is 2.36. The number of carbonyl (C=O) groups excluding carboxylic acids is 3. The van der Waals surface area contributed by atoms with E-state index in [0.29, 0.717) is 12.2 Å². The molecular weight excluding hydrogens is 577 g/mol. The zero-order valence-corrected chi connectivity index (χ0v) is 21.6. The van der Waals surface area contributed by atoms with Gasteiger partial charge in [0.25, 0.3) is 5.91 Å². The van der Waals surface area contributed by atoms with Gasteiger partial charge in [-0.15, -0.1) is 0 Å². The van der Waals surface area contributed by atoms with Gasteiger partial charge in [-0.1, -0.05) is 15.9 Å². The summed E-state index contributed by atoms with van der Waals surface area (Å²) in [7, 11) is 1.35. The van der Waals surface area contributed by atoms with Crippen molar-refractivity contribution in [2.24, 2.45) is 5.10 Å². The highest BCUT2D eigenvalue weighted by molar-refractivity contribution is 9.10. The van der Waals surface area contributed by atoms with Crippen LogP contribution in [0.15, 0.2) is 46.0 Å². The van der Waals surface area contributed by atoms with Crippen LogP contribution in [0.1, 0.15) is 24.0 Å². The van der Waals surface area contributed by atoms with Gasteiger partial charge in [0.15, 0.2) is 18.1 Å². The number of hydrazone groups is 1. The van der Waals surface area contributed by atoms with E-state index in [-0.39, 0.29) is 28.6 Å². The monoisotopic (exact) mass is 600 g/mol. The second-order valence-corrected chi connectivity index (χ2v) is 8.89. The van der Waals surface area contributed by atoms with Gasteiger partial charge in [-0.25, -0.2) is 5.43 Å². The summed E-state index contributed by atoms with van der Waals surface area (Å²) in [6.45, 7) is 0.278. The fourth-order valence-corrected chi connectivity index (χ4v) is 3.74. The Bertz CT molecular complexity index is 1200. The predicted octanol–water partition coefficient (Wildman–Crippen LogP) is 3.24. The van der Waals surface area contributed by atoms with Crippen LogP contribution in [-0.2, 0) is 25.3 Å². The first kappa shape index (κ1) is 28.9. The highest BCUT2D eigenvalue weighted by Gasteiger charge is 2.34. The lowest BCUT2D eigenvalue weighted by Crippen LogP contribution is -2.41. The molecule has 3 N–H and O–H groups in total. The first-order valence-corrected chi connectivity index (χ1v) is 12.1. The van der Waals surface area contributed by atoms with Crippen LogP contribution in [-0.4, -0.2) is 56.9 Å². The topological polar surface area (TPSA) is 127 Å². The van der Waals surface area contributed by atoms with Gasteiger partial charge >= 0.3 is 18.0 Å². The maximum Gasteiger partial charge on any atom is 0.418 e. The first-order chi connectivity index (χ1) is 18.1. The third-order valence-corrected chi connectivity index (χ3v) is 5.70. The van der Waals surface area contributed by atoms with E-state index in [1.54, 1.807) is 0 Å². The summed E-state index contributed by atoms with van der Waals surface area (Å²) in [4.78, 5) is 35.9. The molecule has 14 heteroatoms. The number of rotatable bonds is 9. The van der Waals surface area contributed by atoms with Crippen LogP contribution < -0.4 is 25.5 Å². The van der Waals surface area contributed by atoms with Crippen molar-refractivity contribution in [1.82, 2.24) is 10.7 Å². The molecule has 1 atom stereocenters. The van der Waals surface area contributed by atoms with Crippen LogP contribution in [0.5, 0.6) is 11.5 Å². The van der Waals surface area contributed by atoms with E-state index < -0.39 is 41.8 Å². The predicted molar refractivity (Wildman–Crippen MR) is 134 cm³/mol. The van der Waals surface area contributed by atoms with Gasteiger partial charge in [-0.3, -0.25) is 14.4 Å². The van der Waals surface area contributed by atoms with Crippen LogP contribution in [0, 0.1) is 0 Å². The van der Waals surface area contributed by atoms with Crippen molar-refractivity contribution in [3.05, 3.63) is 52.0 Å². The Hall–Kier alpha value is -3.65. The second-order valence-electron chi connectivity index (χ2n) is 7.98. The Morgan fingerprint density at radius 1 is 1.16 bits per heavy atom. The number of hydrogen-bond donors (Lipinski definition) is 3. The van der Waals surface area contributed by atoms with E-state index in [0.717, 1.165) is 25.0 Å². The van der Waals surface area contributed by atoms with Crippen molar-refractivity contribution in [2.75, 3.05) is 32.2 Å². The molecule has 0 unspecified atom stereocenters. The summed E-state index contributed by atoms with van der Waals surface area (Å²) >= 11 is 2.98. The molecule has 0 saturated carbocycles. The summed E-state index contributed by atoms with van der Waals surface area (Å²) in [5.41, 5.74) is 1.16. The Kier molecular flexibility index (Phi) is 10.1. The molecule has 3 amide bonds. The Morgan fingerprint density at radius 3 is 2.63 bits per heavy atom. The first-order valence-electron chi connectivity index (χ1n) is 11.3. The molecule has 38 heavy (non-hydrogen) atoms. The summed E-state index contributed by atoms with van der Waals surface area (Å²) in [5.74, 6) is -2.27. The van der Waals surface area contributed by atoms with E-state index in [9.17, 15) is 27.6 Å². The van der Waals surface area contributed by atoms with Gasteiger partial charge in [0.05, 0.1) is 30.7 Å². The molecule has 2 aromatic rings. The molecule has 0 aliphatic carbocycles. The third-order valence-electron chi connectivity index (χ3n) is 5.21. The van der Waals surface area contributed by atoms with E-state index in [2.05, 4.69) is 37.1 Å². The van der Waals surface area contributed by atoms with Crippen LogP contribution in [0.25, 0.3) is 0 Å². The fourth-order valence-electron chi connectivity index (χ4n) is 3.38. The number of nitrogens with one attached hydrogen (secondary N) is 3. The molecule has 1 heterocycles. The number of halogens is 4. The highest BCUT2D eigenvalue weighted by atomic mass is 79.9. The summed E-state index contributed by atoms with van der Waals surface area (Å²) in [5, 5.41) is 8.39. The molecule has 2 aromatic carbocycles. The minimum atomic E-state index is -4.67. The van der Waals surface area contributed by atoms with E-state index in [1.165, 1.54) is 37.6 Å². The van der Waals surface area contributed by atoms with Crippen LogP contribution in [0.3, 0.4) is 0 Å². The zero-order valence-electron chi connectivity index (χ0n) is 20.1. The largest absolute Gasteiger partial charge is 0.493 e. The smallest absolute Gasteiger partial charge is 0.418 e. The van der Waals surface area contributed by atoms with Gasteiger partial charge in [0.1, 0.15) is 0 Å². The average molecular weight is 601 g/mol. The quantitative estimate of drug-likeness (QED) is 0.230. The number of hydrogen-bond acceptors (Lipinski definition) is 7. The Labute approximate surface area is 224 Å². The molecule has 1 fully saturated rings. The second kappa shape index (κ2) is 13.2. The minimum absolute atomic E-state index is 0.104. The molecule has 0 radical (unpaired) electrons. The summed E-state index contributed by atoms with van der Waals surface area (Å²) in [6, 6.07) is 7.82. The standard InChI is InChI=1S/C24H24BrF3N4O6/c1-36-20-9-14(11-30-32-23(35)22(34)29-12-16-3-2-8-37-16)4-7-19(20)38-13-21(33)31-18-6-5-15(25)10-17(18)24(26,27)28/h4-7,9-11,16H,2-3,8,12-13H2,1H3,(H,29,34)(H,31,33)(H,32,35)/b30-11-/t16-/m0/s1. The lowest BCUT2D eigenvalue weighted by Gasteiger charge is -2.15. The minimum Gasteiger partial charge on any atom is -0.493 e. The van der Waals surface area contributed by atoms with Crippen molar-refractivity contribution in [3.8, 4) is 11.5 Å². The van der Waals surface area contributed by atoms with Crippen molar-refractivity contribution in [3.63, 3.8) is 0 Å². The zero-order chi connectivity index (χ0) is 27.7. The van der Waals surface area contributed by atoms with Crippen molar-refractivity contribution < 1.29 is 41.8 Å². The molecule has 0 spiro atoms. The van der Waals surface area contributed by atoms with Gasteiger partial charge in [0, 0.05) is 17.6 Å². The molecule has 0 bridgehead atoms. The average Bonchev–Trinajstić information content (AvgIpc) is 3.40. The van der Waals surface area contributed by atoms with Crippen LogP contribution in [0.2, 0.25) is 0 Å². The lowest BCUT2D eigenvalue weighted by molar-refractivity contribution is -0.139. The number of methoxy groups -OCH3 is 1. The number of benzene rings is 2. The fraction of sp³-hybridized carbons (Fsp3) is 0.333. The Morgan fingerprint density at radius 2 is 1.95 bits per heavy atom. The Balaban J connectivity index is 1.53. The molecule has 10 nitrogen and oxygen atoms in total. The molecule has 1 saturated heterocycles. The van der Waals surface area contributed by atoms with Crippen LogP contribution >= 0.6 is 15.9 Å². The number of anilines is 1. The summed E-state index contributed by atoms with van der Waals surface area (Å²) in [6.07, 6.45) is -1.78. The number of ether oxygens (including phenoxy) is 3. The lowest BCUT2D eigenvalue weighted by atomic mass is 10.1. The SMILES string of the molecule is COc1cc(/C=N\NC(=O)C(=O)NC[C@@H]2CCCO2)ccc1OCC(=O)Nc1ccc(Br)cc1C(F)(F)F. The molecule has 204 valence electrons. The van der Waals surface area contributed by atoms with Crippen molar-refractivity contribution in [2.45, 2.75) is 25.1 Å². The van der Waals surface area contributed by atoms with Gasteiger partial charge < -0.3 is 24.8 Å². The third kappa shape index (κ3) is 8.45. The number of alkyl halides is 3. The van der Waals surface area contributed by atoms with Crippen LogP contribution in [0.4, 0.5) is 18.9 Å². The molecule has 1 aliphatic heterocycles. The van der Waals surface area contributed by atoms with Gasteiger partial charge in [0.2, 0.25) is 0 Å². The van der Waals surface area contributed by atoms with E-state index in [1.807, 2.05) is 0 Å². The molecule has 1 aliphatic rings. The summed E-state index contributed by atoms with van der Waals surface area (Å²) < 4.78 is 56.0. The van der Waals surface area contributed by atoms with E-state index >= 15 is 0 Å². The number of nitrogens with zero attached hydrogens (tertiary/aromatic N) is 1.